The van der Waals surface area contributed by atoms with E-state index in [2.05, 4.69) is 0 Å². The molecule has 0 fully saturated rings. The third kappa shape index (κ3) is 4.46. The molecule has 0 spiro atoms. The van der Waals surface area contributed by atoms with Crippen molar-refractivity contribution in [2.24, 2.45) is 5.41 Å². The lowest BCUT2D eigenvalue weighted by molar-refractivity contribution is -0.125. The minimum Gasteiger partial charge on any atom is -0.381 e. The molecule has 0 saturated carbocycles. The van der Waals surface area contributed by atoms with Gasteiger partial charge < -0.3 is 4.74 Å². The highest BCUT2D eigenvalue weighted by Gasteiger charge is 2.21. The summed E-state index contributed by atoms with van der Waals surface area (Å²) in [7, 11) is 1.67. The lowest BCUT2D eigenvalue weighted by atomic mass is 9.86. The molecular weight excluding hydrogens is 224 g/mol. The summed E-state index contributed by atoms with van der Waals surface area (Å²) in [6.45, 7) is 6.46. The van der Waals surface area contributed by atoms with E-state index in [-0.39, 0.29) is 11.2 Å². The quantitative estimate of drug-likeness (QED) is 0.794. The number of benzene rings is 1. The molecule has 0 aliphatic rings. The first-order chi connectivity index (χ1) is 8.45. The second kappa shape index (κ2) is 6.50. The van der Waals surface area contributed by atoms with Crippen LogP contribution in [0.3, 0.4) is 0 Å². The average molecular weight is 246 g/mol. The summed E-state index contributed by atoms with van der Waals surface area (Å²) in [5, 5.41) is 0. The molecule has 0 radical (unpaired) electrons. The van der Waals surface area contributed by atoms with E-state index in [9.17, 15) is 4.79 Å². The van der Waals surface area contributed by atoms with Gasteiger partial charge in [0, 0.05) is 18.9 Å². The molecule has 0 saturated heterocycles. The summed E-state index contributed by atoms with van der Waals surface area (Å²) in [5.74, 6) is 0.259. The van der Waals surface area contributed by atoms with Gasteiger partial charge in [0.25, 0.3) is 0 Å². The van der Waals surface area contributed by atoms with Crippen molar-refractivity contribution in [2.45, 2.75) is 27.2 Å². The highest BCUT2D eigenvalue weighted by atomic mass is 16.5. The number of hydrogen-bond acceptors (Lipinski definition) is 2. The maximum Gasteiger partial charge on any atom is 0.142 e. The Morgan fingerprint density at radius 1 is 1.28 bits per heavy atom. The number of ketones is 1. The number of carbonyl (C=O) groups is 1. The summed E-state index contributed by atoms with van der Waals surface area (Å²) in [5.41, 5.74) is 1.88. The predicted octanol–water partition coefficient (Wildman–Crippen LogP) is 3.50. The smallest absolute Gasteiger partial charge is 0.142 e. The van der Waals surface area contributed by atoms with Crippen LogP contribution in [-0.4, -0.2) is 19.5 Å². The molecule has 18 heavy (non-hydrogen) atoms. The molecular formula is C16H22O2. The second-order valence-corrected chi connectivity index (χ2v) is 5.41. The third-order valence-corrected chi connectivity index (χ3v) is 2.80. The molecule has 2 nitrogen and oxygen atoms in total. The van der Waals surface area contributed by atoms with E-state index in [0.29, 0.717) is 13.0 Å². The van der Waals surface area contributed by atoms with Crippen molar-refractivity contribution >= 4 is 11.9 Å². The summed E-state index contributed by atoms with van der Waals surface area (Å²) >= 11 is 0. The summed E-state index contributed by atoms with van der Waals surface area (Å²) in [6.07, 6.45) is 4.45. The zero-order chi connectivity index (χ0) is 13.6. The molecule has 1 aromatic rings. The Hall–Kier alpha value is -1.41. The van der Waals surface area contributed by atoms with E-state index in [1.165, 1.54) is 0 Å². The van der Waals surface area contributed by atoms with Crippen LogP contribution in [0.2, 0.25) is 0 Å². The highest BCUT2D eigenvalue weighted by molar-refractivity contribution is 5.86. The SMILES string of the molecule is COC/C=C/c1ccccc1CC(=O)C(C)(C)C. The number of methoxy groups -OCH3 is 1. The van der Waals surface area contributed by atoms with Gasteiger partial charge in [-0.25, -0.2) is 0 Å². The van der Waals surface area contributed by atoms with Gasteiger partial charge in [0.2, 0.25) is 0 Å². The van der Waals surface area contributed by atoms with Crippen molar-refractivity contribution < 1.29 is 9.53 Å². The zero-order valence-corrected chi connectivity index (χ0v) is 11.7. The summed E-state index contributed by atoms with van der Waals surface area (Å²) < 4.78 is 4.99. The van der Waals surface area contributed by atoms with Gasteiger partial charge in [-0.2, -0.15) is 0 Å². The van der Waals surface area contributed by atoms with E-state index in [0.717, 1.165) is 11.1 Å². The minimum atomic E-state index is -0.288. The first kappa shape index (κ1) is 14.7. The van der Waals surface area contributed by atoms with Gasteiger partial charge in [-0.15, -0.1) is 0 Å². The van der Waals surface area contributed by atoms with Crippen LogP contribution in [0, 0.1) is 5.41 Å². The van der Waals surface area contributed by atoms with Crippen molar-refractivity contribution in [1.82, 2.24) is 0 Å². The molecule has 0 unspecified atom stereocenters. The number of rotatable bonds is 5. The fourth-order valence-electron chi connectivity index (χ4n) is 1.57. The highest BCUT2D eigenvalue weighted by Crippen LogP contribution is 2.20. The summed E-state index contributed by atoms with van der Waals surface area (Å²) in [6, 6.07) is 7.99. The fourth-order valence-corrected chi connectivity index (χ4v) is 1.57. The third-order valence-electron chi connectivity index (χ3n) is 2.80. The van der Waals surface area contributed by atoms with Gasteiger partial charge in [0.1, 0.15) is 5.78 Å². The van der Waals surface area contributed by atoms with Crippen LogP contribution in [0.25, 0.3) is 6.08 Å². The Morgan fingerprint density at radius 2 is 1.94 bits per heavy atom. The van der Waals surface area contributed by atoms with Crippen molar-refractivity contribution in [2.75, 3.05) is 13.7 Å². The topological polar surface area (TPSA) is 26.3 Å². The Balaban J connectivity index is 2.86. The summed E-state index contributed by atoms with van der Waals surface area (Å²) in [4.78, 5) is 12.1. The molecule has 0 N–H and O–H groups in total. The van der Waals surface area contributed by atoms with E-state index >= 15 is 0 Å². The van der Waals surface area contributed by atoms with E-state index in [4.69, 9.17) is 4.74 Å². The molecule has 2 heteroatoms. The lowest BCUT2D eigenvalue weighted by Gasteiger charge is -2.17. The molecule has 0 bridgehead atoms. The number of Topliss-reactive ketones (excluding diaryl/α,β-unsaturated/α-hetero) is 1. The first-order valence-corrected chi connectivity index (χ1v) is 6.22. The minimum absolute atomic E-state index is 0.259. The standard InChI is InChI=1S/C16H22O2/c1-16(2,3)15(17)12-14-9-6-5-8-13(14)10-7-11-18-4/h5-10H,11-12H2,1-4H3/b10-7+. The molecule has 98 valence electrons. The van der Waals surface area contributed by atoms with Crippen LogP contribution in [0.5, 0.6) is 0 Å². The van der Waals surface area contributed by atoms with Crippen molar-refractivity contribution in [3.05, 3.63) is 41.5 Å². The predicted molar refractivity (Wildman–Crippen MR) is 75.5 cm³/mol. The number of ether oxygens (including phenoxy) is 1. The van der Waals surface area contributed by atoms with Crippen LogP contribution in [0.1, 0.15) is 31.9 Å². The maximum atomic E-state index is 12.1. The van der Waals surface area contributed by atoms with Crippen molar-refractivity contribution in [1.29, 1.82) is 0 Å². The van der Waals surface area contributed by atoms with Gasteiger partial charge >= 0.3 is 0 Å². The lowest BCUT2D eigenvalue weighted by Crippen LogP contribution is -2.22. The Morgan fingerprint density at radius 3 is 2.56 bits per heavy atom. The molecule has 1 rings (SSSR count). The fraction of sp³-hybridized carbons (Fsp3) is 0.438. The van der Waals surface area contributed by atoms with E-state index in [1.54, 1.807) is 7.11 Å². The first-order valence-electron chi connectivity index (χ1n) is 6.22. The molecule has 0 heterocycles. The van der Waals surface area contributed by atoms with Crippen LogP contribution >= 0.6 is 0 Å². The van der Waals surface area contributed by atoms with Crippen molar-refractivity contribution in [3.8, 4) is 0 Å². The Bertz CT molecular complexity index is 425. The number of carbonyl (C=O) groups excluding carboxylic acids is 1. The Labute approximate surface area is 110 Å². The monoisotopic (exact) mass is 246 g/mol. The van der Waals surface area contributed by atoms with Crippen LogP contribution in [-0.2, 0) is 16.0 Å². The van der Waals surface area contributed by atoms with Gasteiger partial charge in [0.05, 0.1) is 6.61 Å². The molecule has 0 atom stereocenters. The molecule has 0 amide bonds. The van der Waals surface area contributed by atoms with E-state index < -0.39 is 0 Å². The maximum absolute atomic E-state index is 12.1. The van der Waals surface area contributed by atoms with Crippen molar-refractivity contribution in [3.63, 3.8) is 0 Å². The average Bonchev–Trinajstić information content (AvgIpc) is 2.30. The zero-order valence-electron chi connectivity index (χ0n) is 11.7. The molecule has 0 aliphatic carbocycles. The molecule has 1 aromatic carbocycles. The normalized spacial score (nSPS) is 12.0. The van der Waals surface area contributed by atoms with Gasteiger partial charge in [-0.05, 0) is 11.1 Å². The van der Waals surface area contributed by atoms with Crippen LogP contribution < -0.4 is 0 Å². The van der Waals surface area contributed by atoms with Gasteiger partial charge in [-0.1, -0.05) is 57.2 Å². The second-order valence-electron chi connectivity index (χ2n) is 5.41. The largest absolute Gasteiger partial charge is 0.381 e. The molecule has 0 aliphatic heterocycles. The van der Waals surface area contributed by atoms with Crippen LogP contribution in [0.15, 0.2) is 30.3 Å². The van der Waals surface area contributed by atoms with E-state index in [1.807, 2.05) is 57.2 Å². The Kier molecular flexibility index (Phi) is 5.29. The van der Waals surface area contributed by atoms with Crippen LogP contribution in [0.4, 0.5) is 0 Å². The number of hydrogen-bond donors (Lipinski definition) is 0. The van der Waals surface area contributed by atoms with Gasteiger partial charge in [0.15, 0.2) is 0 Å². The molecule has 0 aromatic heterocycles. The van der Waals surface area contributed by atoms with Gasteiger partial charge in [-0.3, -0.25) is 4.79 Å².